The summed E-state index contributed by atoms with van der Waals surface area (Å²) in [6, 6.07) is 82.0. The van der Waals surface area contributed by atoms with Gasteiger partial charge in [-0.05, 0) is 137 Å². The van der Waals surface area contributed by atoms with E-state index in [1.54, 1.807) is 0 Å². The van der Waals surface area contributed by atoms with Gasteiger partial charge in [0.2, 0.25) is 0 Å². The summed E-state index contributed by atoms with van der Waals surface area (Å²) < 4.78 is 11.1. The van der Waals surface area contributed by atoms with Crippen LogP contribution in [0.4, 0.5) is 17.1 Å². The van der Waals surface area contributed by atoms with Crippen LogP contribution in [0, 0.1) is 0 Å². The molecule has 0 saturated carbocycles. The van der Waals surface area contributed by atoms with Crippen LogP contribution in [0.3, 0.4) is 0 Å². The van der Waals surface area contributed by atoms with E-state index < -0.39 is 0 Å². The lowest BCUT2D eigenvalue weighted by atomic mass is 9.81. The van der Waals surface area contributed by atoms with Gasteiger partial charge in [-0.15, -0.1) is 0 Å². The fourth-order valence-electron chi connectivity index (χ4n) is 11.3. The van der Waals surface area contributed by atoms with Crippen LogP contribution in [-0.2, 0) is 5.41 Å². The summed E-state index contributed by atoms with van der Waals surface area (Å²) in [6.07, 6.45) is 0. The van der Waals surface area contributed by atoms with Crippen molar-refractivity contribution in [3.05, 3.63) is 236 Å². The van der Waals surface area contributed by atoms with Crippen LogP contribution in [0.1, 0.15) is 25.0 Å². The predicted octanol–water partition coefficient (Wildman–Crippen LogP) is 17.2. The molecule has 0 atom stereocenters. The minimum Gasteiger partial charge on any atom is -0.456 e. The number of para-hydroxylation sites is 5. The third-order valence-corrected chi connectivity index (χ3v) is 14.5. The van der Waals surface area contributed by atoms with E-state index >= 15 is 0 Å². The van der Waals surface area contributed by atoms with E-state index in [0.717, 1.165) is 44.7 Å². The average molecular weight is 858 g/mol. The van der Waals surface area contributed by atoms with E-state index in [9.17, 15) is 0 Å². The molecule has 0 amide bonds. The van der Waals surface area contributed by atoms with Gasteiger partial charge < -0.3 is 18.5 Å². The predicted molar refractivity (Wildman–Crippen MR) is 280 cm³/mol. The maximum absolute atomic E-state index is 6.33. The van der Waals surface area contributed by atoms with Crippen LogP contribution < -0.4 is 4.90 Å². The molecule has 0 N–H and O–H groups in total. The summed E-state index contributed by atoms with van der Waals surface area (Å²) in [5.74, 6) is 0. The summed E-state index contributed by atoms with van der Waals surface area (Å²) in [6.45, 7) is 4.77. The summed E-state index contributed by atoms with van der Waals surface area (Å²) in [5, 5.41) is 7.25. The largest absolute Gasteiger partial charge is 0.456 e. The first-order chi connectivity index (χ1) is 33.0. The van der Waals surface area contributed by atoms with Gasteiger partial charge in [0.25, 0.3) is 0 Å². The molecule has 67 heavy (non-hydrogen) atoms. The van der Waals surface area contributed by atoms with Crippen molar-refractivity contribution in [2.75, 3.05) is 4.90 Å². The molecule has 13 aromatic rings. The third kappa shape index (κ3) is 5.60. The number of furan rings is 1. The first kappa shape index (κ1) is 37.7. The zero-order chi connectivity index (χ0) is 44.4. The molecule has 0 unspecified atom stereocenters. The Kier molecular flexibility index (Phi) is 8.00. The first-order valence-corrected chi connectivity index (χ1v) is 23.2. The van der Waals surface area contributed by atoms with Crippen LogP contribution in [-0.4, -0.2) is 9.13 Å². The molecule has 0 saturated heterocycles. The average Bonchev–Trinajstić information content (AvgIpc) is 4.09. The molecule has 10 aromatic carbocycles. The molecule has 14 rings (SSSR count). The van der Waals surface area contributed by atoms with Crippen LogP contribution in [0.5, 0.6) is 0 Å². The summed E-state index contributed by atoms with van der Waals surface area (Å²) in [7, 11) is 0. The molecule has 4 heteroatoms. The SMILES string of the molecule is CC1(C)c2cc(-c3ccc4c5ccccc5n(-c5ccccc5)c4c3)ccc2-c2ccc(N(c3ccc(-n4c5ccccc5c5ccccc54)cc3)c3ccc4oc5ccccc5c4c3)cc21. The molecular weight excluding hydrogens is 815 g/mol. The molecule has 3 aromatic heterocycles. The van der Waals surface area contributed by atoms with Crippen LogP contribution >= 0.6 is 0 Å². The van der Waals surface area contributed by atoms with Crippen molar-refractivity contribution >= 4 is 82.6 Å². The number of aromatic nitrogens is 2. The molecule has 1 aliphatic rings. The number of anilines is 3. The smallest absolute Gasteiger partial charge is 0.135 e. The highest BCUT2D eigenvalue weighted by Gasteiger charge is 2.36. The Morgan fingerprint density at radius 1 is 0.343 bits per heavy atom. The van der Waals surface area contributed by atoms with Crippen molar-refractivity contribution in [2.24, 2.45) is 0 Å². The number of benzene rings is 10. The normalized spacial score (nSPS) is 13.0. The summed E-state index contributed by atoms with van der Waals surface area (Å²) in [5.41, 5.74) is 19.6. The number of hydrogen-bond donors (Lipinski definition) is 0. The number of hydrogen-bond acceptors (Lipinski definition) is 2. The van der Waals surface area contributed by atoms with Crippen molar-refractivity contribution in [1.29, 1.82) is 0 Å². The molecule has 0 radical (unpaired) electrons. The summed E-state index contributed by atoms with van der Waals surface area (Å²) >= 11 is 0. The van der Waals surface area contributed by atoms with Crippen molar-refractivity contribution in [1.82, 2.24) is 9.13 Å². The van der Waals surface area contributed by atoms with Crippen LogP contribution in [0.2, 0.25) is 0 Å². The monoisotopic (exact) mass is 857 g/mol. The van der Waals surface area contributed by atoms with Gasteiger partial charge >= 0.3 is 0 Å². The van der Waals surface area contributed by atoms with Crippen molar-refractivity contribution in [3.63, 3.8) is 0 Å². The number of rotatable bonds is 6. The van der Waals surface area contributed by atoms with Gasteiger partial charge in [0.15, 0.2) is 0 Å². The lowest BCUT2D eigenvalue weighted by molar-refractivity contribution is 0.660. The molecule has 4 nitrogen and oxygen atoms in total. The van der Waals surface area contributed by atoms with Crippen LogP contribution in [0.25, 0.3) is 99.2 Å². The van der Waals surface area contributed by atoms with Crippen LogP contribution in [0.15, 0.2) is 229 Å². The summed E-state index contributed by atoms with van der Waals surface area (Å²) in [4.78, 5) is 2.41. The molecule has 0 aliphatic heterocycles. The van der Waals surface area contributed by atoms with Gasteiger partial charge in [-0.25, -0.2) is 0 Å². The molecule has 0 fully saturated rings. The highest BCUT2D eigenvalue weighted by atomic mass is 16.3. The molecule has 0 spiro atoms. The van der Waals surface area contributed by atoms with E-state index in [0.29, 0.717) is 0 Å². The Balaban J connectivity index is 0.889. The van der Waals surface area contributed by atoms with Crippen molar-refractivity contribution < 1.29 is 4.42 Å². The van der Waals surface area contributed by atoms with Gasteiger partial charge in [-0.2, -0.15) is 0 Å². The second kappa shape index (κ2) is 14.2. The standard InChI is InChI=1S/C63H43N3O/c1-63(2)55-36-40(41-25-33-52-51-18-8-12-22-59(51)66(60(52)37-41)42-14-4-3-5-15-42)24-32-47(55)48-34-30-46(39-56(48)63)64(45-31-35-62-54(38-45)53-19-9-13-23-61(53)67-62)43-26-28-44(29-27-43)65-57-20-10-6-16-49(57)50-17-7-11-21-58(50)65/h3-39H,1-2H3. The van der Waals surface area contributed by atoms with E-state index in [1.165, 1.54) is 82.7 Å². The maximum atomic E-state index is 6.33. The Morgan fingerprint density at radius 2 is 0.821 bits per heavy atom. The van der Waals surface area contributed by atoms with Gasteiger partial charge in [-0.3, -0.25) is 0 Å². The fourth-order valence-corrected chi connectivity index (χ4v) is 11.3. The van der Waals surface area contributed by atoms with Gasteiger partial charge in [-0.1, -0.05) is 135 Å². The first-order valence-electron chi connectivity index (χ1n) is 23.2. The van der Waals surface area contributed by atoms with Gasteiger partial charge in [0.05, 0.1) is 22.1 Å². The fraction of sp³-hybridized carbons (Fsp3) is 0.0476. The highest BCUT2D eigenvalue weighted by Crippen LogP contribution is 2.52. The lowest BCUT2D eigenvalue weighted by Gasteiger charge is -2.28. The molecular formula is C63H43N3O. The molecule has 3 heterocycles. The Hall–Kier alpha value is -8.60. The quantitative estimate of drug-likeness (QED) is 0.167. The Morgan fingerprint density at radius 3 is 1.52 bits per heavy atom. The van der Waals surface area contributed by atoms with Crippen molar-refractivity contribution in [2.45, 2.75) is 19.3 Å². The minimum atomic E-state index is -0.253. The molecule has 316 valence electrons. The topological polar surface area (TPSA) is 26.2 Å². The Labute approximate surface area is 387 Å². The van der Waals surface area contributed by atoms with E-state index in [1.807, 2.05) is 6.07 Å². The van der Waals surface area contributed by atoms with Gasteiger partial charge in [0, 0.05) is 66.2 Å². The molecule has 1 aliphatic carbocycles. The second-order valence-corrected chi connectivity index (χ2v) is 18.5. The highest BCUT2D eigenvalue weighted by molar-refractivity contribution is 6.11. The zero-order valence-corrected chi connectivity index (χ0v) is 37.1. The third-order valence-electron chi connectivity index (χ3n) is 14.5. The molecule has 0 bridgehead atoms. The second-order valence-electron chi connectivity index (χ2n) is 18.5. The number of fused-ring (bicyclic) bond motifs is 12. The van der Waals surface area contributed by atoms with E-state index in [2.05, 4.69) is 246 Å². The Bertz CT molecular complexity index is 4080. The maximum Gasteiger partial charge on any atom is 0.135 e. The van der Waals surface area contributed by atoms with E-state index in [4.69, 9.17) is 4.42 Å². The minimum absolute atomic E-state index is 0.253. The lowest BCUT2D eigenvalue weighted by Crippen LogP contribution is -2.16. The van der Waals surface area contributed by atoms with E-state index in [-0.39, 0.29) is 5.41 Å². The van der Waals surface area contributed by atoms with Gasteiger partial charge in [0.1, 0.15) is 11.2 Å². The zero-order valence-electron chi connectivity index (χ0n) is 37.1. The van der Waals surface area contributed by atoms with Crippen molar-refractivity contribution in [3.8, 4) is 33.6 Å². The number of nitrogens with zero attached hydrogens (tertiary/aromatic N) is 3.